The number of hydrogen-bond donors (Lipinski definition) is 1. The first-order valence-corrected chi connectivity index (χ1v) is 6.32. The van der Waals surface area contributed by atoms with Crippen molar-refractivity contribution in [3.05, 3.63) is 64.3 Å². The molecule has 2 aromatic heterocycles. The van der Waals surface area contributed by atoms with E-state index in [-0.39, 0.29) is 5.56 Å². The average Bonchev–Trinajstić information content (AvgIpc) is 2.44. The molecule has 5 nitrogen and oxygen atoms in total. The van der Waals surface area contributed by atoms with Gasteiger partial charge in [-0.3, -0.25) is 14.3 Å². The minimum Gasteiger partial charge on any atom is -0.399 e. The summed E-state index contributed by atoms with van der Waals surface area (Å²) in [5, 5.41) is 0. The summed E-state index contributed by atoms with van der Waals surface area (Å²) < 4.78 is 1.68. The zero-order chi connectivity index (χ0) is 14.1. The largest absolute Gasteiger partial charge is 0.399 e. The van der Waals surface area contributed by atoms with Crippen LogP contribution in [0.2, 0.25) is 0 Å². The minimum absolute atomic E-state index is 0.104. The lowest BCUT2D eigenvalue weighted by Gasteiger charge is -2.10. The second-order valence-electron chi connectivity index (χ2n) is 4.66. The summed E-state index contributed by atoms with van der Waals surface area (Å²) in [4.78, 5) is 20.9. The molecule has 0 saturated carbocycles. The lowest BCUT2D eigenvalue weighted by molar-refractivity contribution is 0.756. The normalized spacial score (nSPS) is 10.8. The summed E-state index contributed by atoms with van der Waals surface area (Å²) >= 11 is 0. The van der Waals surface area contributed by atoms with Crippen molar-refractivity contribution < 1.29 is 0 Å². The SMILES string of the molecule is Cc1nc2ccccc2n(Cc2cc(N)ccn2)c1=O. The topological polar surface area (TPSA) is 73.8 Å². The van der Waals surface area contributed by atoms with Crippen molar-refractivity contribution in [2.75, 3.05) is 5.73 Å². The van der Waals surface area contributed by atoms with Crippen molar-refractivity contribution in [3.8, 4) is 0 Å². The minimum atomic E-state index is -0.104. The standard InChI is InChI=1S/C15H14N4O/c1-10-15(20)19(9-12-8-11(16)6-7-17-12)14-5-3-2-4-13(14)18-10/h2-8H,9H2,1H3,(H2,16,17). The number of para-hydroxylation sites is 2. The van der Waals surface area contributed by atoms with Gasteiger partial charge in [0.25, 0.3) is 5.56 Å². The van der Waals surface area contributed by atoms with Gasteiger partial charge in [-0.15, -0.1) is 0 Å². The Labute approximate surface area is 115 Å². The van der Waals surface area contributed by atoms with E-state index in [4.69, 9.17) is 5.73 Å². The van der Waals surface area contributed by atoms with Gasteiger partial charge in [0.2, 0.25) is 0 Å². The van der Waals surface area contributed by atoms with Crippen LogP contribution in [0.5, 0.6) is 0 Å². The highest BCUT2D eigenvalue weighted by molar-refractivity contribution is 5.74. The van der Waals surface area contributed by atoms with Crippen molar-refractivity contribution in [2.24, 2.45) is 0 Å². The van der Waals surface area contributed by atoms with Crippen LogP contribution in [0, 0.1) is 6.92 Å². The first kappa shape index (κ1) is 12.3. The Balaban J connectivity index is 2.20. The van der Waals surface area contributed by atoms with Crippen LogP contribution >= 0.6 is 0 Å². The van der Waals surface area contributed by atoms with E-state index in [0.29, 0.717) is 17.9 Å². The molecule has 0 saturated heterocycles. The lowest BCUT2D eigenvalue weighted by Crippen LogP contribution is -2.25. The van der Waals surface area contributed by atoms with Crippen molar-refractivity contribution in [3.63, 3.8) is 0 Å². The fourth-order valence-electron chi connectivity index (χ4n) is 2.22. The number of fused-ring (bicyclic) bond motifs is 1. The molecule has 0 bridgehead atoms. The van der Waals surface area contributed by atoms with Crippen molar-refractivity contribution in [1.82, 2.24) is 14.5 Å². The van der Waals surface area contributed by atoms with E-state index in [1.165, 1.54) is 0 Å². The van der Waals surface area contributed by atoms with E-state index < -0.39 is 0 Å². The zero-order valence-electron chi connectivity index (χ0n) is 11.1. The first-order chi connectivity index (χ1) is 9.65. The van der Waals surface area contributed by atoms with Crippen LogP contribution in [0.1, 0.15) is 11.4 Å². The number of nitrogen functional groups attached to an aromatic ring is 1. The second-order valence-corrected chi connectivity index (χ2v) is 4.66. The number of aromatic nitrogens is 3. The number of nitrogens with zero attached hydrogens (tertiary/aromatic N) is 3. The predicted molar refractivity (Wildman–Crippen MR) is 78.5 cm³/mol. The highest BCUT2D eigenvalue weighted by Crippen LogP contribution is 2.12. The third-order valence-electron chi connectivity index (χ3n) is 3.18. The molecule has 3 rings (SSSR count). The van der Waals surface area contributed by atoms with Crippen LogP contribution in [-0.2, 0) is 6.54 Å². The molecule has 0 radical (unpaired) electrons. The Bertz CT molecular complexity index is 839. The van der Waals surface area contributed by atoms with Gasteiger partial charge < -0.3 is 5.73 Å². The van der Waals surface area contributed by atoms with Gasteiger partial charge >= 0.3 is 0 Å². The molecular formula is C15H14N4O. The third kappa shape index (κ3) is 2.14. The second kappa shape index (κ2) is 4.77. The van der Waals surface area contributed by atoms with Crippen LogP contribution in [-0.4, -0.2) is 14.5 Å². The maximum Gasteiger partial charge on any atom is 0.272 e. The summed E-state index contributed by atoms with van der Waals surface area (Å²) in [6.07, 6.45) is 1.64. The van der Waals surface area contributed by atoms with Gasteiger partial charge in [0.15, 0.2) is 0 Å². The first-order valence-electron chi connectivity index (χ1n) is 6.32. The molecular weight excluding hydrogens is 252 g/mol. The monoisotopic (exact) mass is 266 g/mol. The lowest BCUT2D eigenvalue weighted by atomic mass is 10.2. The summed E-state index contributed by atoms with van der Waals surface area (Å²) in [5.74, 6) is 0. The van der Waals surface area contributed by atoms with Crippen LogP contribution < -0.4 is 11.3 Å². The van der Waals surface area contributed by atoms with Gasteiger partial charge in [-0.1, -0.05) is 12.1 Å². The smallest absolute Gasteiger partial charge is 0.272 e. The summed E-state index contributed by atoms with van der Waals surface area (Å²) in [6, 6.07) is 11.1. The maximum atomic E-state index is 12.3. The number of rotatable bonds is 2. The van der Waals surface area contributed by atoms with E-state index in [9.17, 15) is 4.79 Å². The van der Waals surface area contributed by atoms with E-state index in [0.717, 1.165) is 16.7 Å². The van der Waals surface area contributed by atoms with Gasteiger partial charge in [-0.05, 0) is 31.2 Å². The van der Waals surface area contributed by atoms with Gasteiger partial charge in [0.05, 0.1) is 23.3 Å². The molecule has 0 aliphatic heterocycles. The number of benzene rings is 1. The Morgan fingerprint density at radius 2 is 2.05 bits per heavy atom. The molecule has 20 heavy (non-hydrogen) atoms. The fourth-order valence-corrected chi connectivity index (χ4v) is 2.22. The van der Waals surface area contributed by atoms with E-state index >= 15 is 0 Å². The van der Waals surface area contributed by atoms with Crippen LogP contribution in [0.4, 0.5) is 5.69 Å². The quantitative estimate of drug-likeness (QED) is 0.766. The van der Waals surface area contributed by atoms with Crippen LogP contribution in [0.15, 0.2) is 47.4 Å². The van der Waals surface area contributed by atoms with E-state index in [1.54, 1.807) is 29.8 Å². The molecule has 5 heteroatoms. The number of pyridine rings is 1. The van der Waals surface area contributed by atoms with Gasteiger partial charge in [-0.2, -0.15) is 0 Å². The summed E-state index contributed by atoms with van der Waals surface area (Å²) in [7, 11) is 0. The molecule has 1 aromatic carbocycles. The molecule has 0 aliphatic rings. The average molecular weight is 266 g/mol. The van der Waals surface area contributed by atoms with E-state index in [2.05, 4.69) is 9.97 Å². The van der Waals surface area contributed by atoms with Gasteiger partial charge in [0.1, 0.15) is 5.69 Å². The number of hydrogen-bond acceptors (Lipinski definition) is 4. The predicted octanol–water partition coefficient (Wildman–Crippen LogP) is 1.73. The molecule has 0 unspecified atom stereocenters. The third-order valence-corrected chi connectivity index (χ3v) is 3.18. The van der Waals surface area contributed by atoms with Crippen molar-refractivity contribution >= 4 is 16.7 Å². The number of nitrogens with two attached hydrogens (primary N) is 1. The fraction of sp³-hybridized carbons (Fsp3) is 0.133. The molecule has 0 amide bonds. The Morgan fingerprint density at radius 3 is 2.85 bits per heavy atom. The maximum absolute atomic E-state index is 12.3. The zero-order valence-corrected chi connectivity index (χ0v) is 11.1. The molecule has 100 valence electrons. The highest BCUT2D eigenvalue weighted by Gasteiger charge is 2.08. The highest BCUT2D eigenvalue weighted by atomic mass is 16.1. The van der Waals surface area contributed by atoms with Gasteiger partial charge in [-0.25, -0.2) is 4.98 Å². The molecule has 0 spiro atoms. The summed E-state index contributed by atoms with van der Waals surface area (Å²) in [6.45, 7) is 2.10. The Morgan fingerprint density at radius 1 is 1.25 bits per heavy atom. The number of anilines is 1. The van der Waals surface area contributed by atoms with Gasteiger partial charge in [0, 0.05) is 11.9 Å². The Kier molecular flexibility index (Phi) is 2.95. The van der Waals surface area contributed by atoms with Crippen molar-refractivity contribution in [1.29, 1.82) is 0 Å². The molecule has 2 heterocycles. The molecule has 0 atom stereocenters. The molecule has 2 N–H and O–H groups in total. The molecule has 0 fully saturated rings. The van der Waals surface area contributed by atoms with Crippen LogP contribution in [0.3, 0.4) is 0 Å². The van der Waals surface area contributed by atoms with Crippen molar-refractivity contribution in [2.45, 2.75) is 13.5 Å². The number of aryl methyl sites for hydroxylation is 1. The van der Waals surface area contributed by atoms with Crippen LogP contribution in [0.25, 0.3) is 11.0 Å². The summed E-state index contributed by atoms with van der Waals surface area (Å²) in [5.41, 5.74) is 9.12. The molecule has 0 aliphatic carbocycles. The molecule has 3 aromatic rings. The Hall–Kier alpha value is -2.69. The van der Waals surface area contributed by atoms with E-state index in [1.807, 2.05) is 24.3 Å².